The number of thioether (sulfide) groups is 1. The average molecular weight is 272 g/mol. The molecule has 1 aliphatic rings. The zero-order chi connectivity index (χ0) is 13.2. The van der Waals surface area contributed by atoms with Crippen LogP contribution in [-0.4, -0.2) is 12.4 Å². The van der Waals surface area contributed by atoms with E-state index in [0.29, 0.717) is 6.42 Å². The van der Waals surface area contributed by atoms with Crippen LogP contribution in [0.25, 0.3) is 5.57 Å². The Labute approximate surface area is 109 Å². The van der Waals surface area contributed by atoms with E-state index in [2.05, 4.69) is 0 Å². The number of hydrogen-bond acceptors (Lipinski definition) is 1. The van der Waals surface area contributed by atoms with Crippen molar-refractivity contribution < 1.29 is 13.2 Å². The number of rotatable bonds is 2. The monoisotopic (exact) mass is 272 g/mol. The Morgan fingerprint density at radius 3 is 2.28 bits per heavy atom. The van der Waals surface area contributed by atoms with Crippen molar-refractivity contribution in [2.45, 2.75) is 30.3 Å². The highest BCUT2D eigenvalue weighted by Crippen LogP contribution is 2.39. The van der Waals surface area contributed by atoms with Crippen molar-refractivity contribution in [2.24, 2.45) is 5.92 Å². The molecule has 98 valence electrons. The largest absolute Gasteiger partial charge is 0.392 e. The van der Waals surface area contributed by atoms with Gasteiger partial charge in [-0.05, 0) is 48.8 Å². The van der Waals surface area contributed by atoms with Crippen LogP contribution in [0.2, 0.25) is 0 Å². The molecule has 1 aromatic carbocycles. The molecule has 0 N–H and O–H groups in total. The molecule has 1 aromatic rings. The molecule has 1 atom stereocenters. The predicted molar refractivity (Wildman–Crippen MR) is 69.6 cm³/mol. The molecule has 1 aliphatic carbocycles. The van der Waals surface area contributed by atoms with Crippen molar-refractivity contribution in [2.75, 3.05) is 6.26 Å². The van der Waals surface area contributed by atoms with E-state index in [4.69, 9.17) is 0 Å². The van der Waals surface area contributed by atoms with Gasteiger partial charge in [-0.2, -0.15) is 13.2 Å². The van der Waals surface area contributed by atoms with E-state index in [-0.39, 0.29) is 12.8 Å². The summed E-state index contributed by atoms with van der Waals surface area (Å²) in [7, 11) is 0. The third kappa shape index (κ3) is 3.10. The molecule has 0 fully saturated rings. The lowest BCUT2D eigenvalue weighted by atomic mass is 9.86. The van der Waals surface area contributed by atoms with E-state index in [9.17, 15) is 13.2 Å². The number of hydrogen-bond donors (Lipinski definition) is 0. The molecule has 0 aliphatic heterocycles. The van der Waals surface area contributed by atoms with Crippen LogP contribution in [-0.2, 0) is 0 Å². The van der Waals surface area contributed by atoms with Crippen LogP contribution in [0.15, 0.2) is 35.2 Å². The van der Waals surface area contributed by atoms with Gasteiger partial charge in [0.25, 0.3) is 0 Å². The van der Waals surface area contributed by atoms with Gasteiger partial charge in [-0.25, -0.2) is 0 Å². The predicted octanol–water partition coefficient (Wildman–Crippen LogP) is 5.15. The Balaban J connectivity index is 2.09. The lowest BCUT2D eigenvalue weighted by Crippen LogP contribution is -2.24. The molecule has 0 radical (unpaired) electrons. The Kier molecular flexibility index (Phi) is 4.05. The second kappa shape index (κ2) is 5.39. The first-order chi connectivity index (χ1) is 8.50. The normalized spacial score (nSPS) is 20.7. The van der Waals surface area contributed by atoms with Gasteiger partial charge in [0, 0.05) is 4.90 Å². The minimum atomic E-state index is -4.05. The zero-order valence-electron chi connectivity index (χ0n) is 10.1. The van der Waals surface area contributed by atoms with Gasteiger partial charge in [0.1, 0.15) is 0 Å². The summed E-state index contributed by atoms with van der Waals surface area (Å²) < 4.78 is 37.6. The second-order valence-corrected chi connectivity index (χ2v) is 5.35. The first-order valence-corrected chi connectivity index (χ1v) is 7.13. The van der Waals surface area contributed by atoms with Crippen LogP contribution in [0, 0.1) is 5.92 Å². The van der Waals surface area contributed by atoms with Gasteiger partial charge >= 0.3 is 6.18 Å². The maximum Gasteiger partial charge on any atom is 0.392 e. The highest BCUT2D eigenvalue weighted by atomic mass is 32.2. The summed E-state index contributed by atoms with van der Waals surface area (Å²) in [6, 6.07) is 8.00. The van der Waals surface area contributed by atoms with Gasteiger partial charge in [0.15, 0.2) is 0 Å². The van der Waals surface area contributed by atoms with E-state index >= 15 is 0 Å². The second-order valence-electron chi connectivity index (χ2n) is 4.47. The van der Waals surface area contributed by atoms with Crippen molar-refractivity contribution >= 4 is 17.3 Å². The molecule has 18 heavy (non-hydrogen) atoms. The fraction of sp³-hybridized carbons (Fsp3) is 0.429. The topological polar surface area (TPSA) is 0 Å². The summed E-state index contributed by atoms with van der Waals surface area (Å²) in [5.74, 6) is -1.16. The smallest absolute Gasteiger partial charge is 0.171 e. The van der Waals surface area contributed by atoms with Crippen molar-refractivity contribution in [3.05, 3.63) is 35.9 Å². The van der Waals surface area contributed by atoms with E-state index < -0.39 is 12.1 Å². The van der Waals surface area contributed by atoms with Crippen LogP contribution < -0.4 is 0 Å². The summed E-state index contributed by atoms with van der Waals surface area (Å²) in [4.78, 5) is 1.17. The number of allylic oxidation sites excluding steroid dienone is 2. The molecule has 0 aromatic heterocycles. The lowest BCUT2D eigenvalue weighted by Gasteiger charge is -2.24. The van der Waals surface area contributed by atoms with Crippen molar-refractivity contribution in [1.82, 2.24) is 0 Å². The third-order valence-corrected chi connectivity index (χ3v) is 4.08. The Morgan fingerprint density at radius 2 is 1.83 bits per heavy atom. The number of halogens is 3. The molecule has 0 bridgehead atoms. The molecule has 0 nitrogen and oxygen atoms in total. The van der Waals surface area contributed by atoms with Crippen LogP contribution in [0.3, 0.4) is 0 Å². The third-order valence-electron chi connectivity index (χ3n) is 3.33. The first kappa shape index (κ1) is 13.5. The quantitative estimate of drug-likeness (QED) is 0.670. The fourth-order valence-corrected chi connectivity index (χ4v) is 2.61. The minimum Gasteiger partial charge on any atom is -0.171 e. The maximum atomic E-state index is 12.5. The Bertz CT molecular complexity index is 431. The Morgan fingerprint density at radius 1 is 1.17 bits per heavy atom. The molecule has 0 amide bonds. The van der Waals surface area contributed by atoms with E-state index in [0.717, 1.165) is 11.1 Å². The van der Waals surface area contributed by atoms with Gasteiger partial charge in [-0.15, -0.1) is 11.8 Å². The molecule has 1 unspecified atom stereocenters. The van der Waals surface area contributed by atoms with Crippen molar-refractivity contribution in [1.29, 1.82) is 0 Å². The molecule has 0 heterocycles. The minimum absolute atomic E-state index is 0.114. The van der Waals surface area contributed by atoms with Crippen LogP contribution in [0.5, 0.6) is 0 Å². The van der Waals surface area contributed by atoms with E-state index in [1.165, 1.54) is 4.90 Å². The molecule has 0 saturated carbocycles. The highest BCUT2D eigenvalue weighted by Gasteiger charge is 2.39. The SMILES string of the molecule is CSc1ccc(C2=CCC(C(F)(F)F)CC2)cc1. The number of alkyl halides is 3. The van der Waals surface area contributed by atoms with Gasteiger partial charge in [0.2, 0.25) is 0 Å². The summed E-state index contributed by atoms with van der Waals surface area (Å²) in [5, 5.41) is 0. The average Bonchev–Trinajstić information content (AvgIpc) is 2.38. The zero-order valence-corrected chi connectivity index (χ0v) is 10.9. The summed E-state index contributed by atoms with van der Waals surface area (Å²) in [6.07, 6.45) is 0.537. The van der Waals surface area contributed by atoms with Crippen LogP contribution in [0.4, 0.5) is 13.2 Å². The molecule has 2 rings (SSSR count). The van der Waals surface area contributed by atoms with Crippen LogP contribution in [0.1, 0.15) is 24.8 Å². The van der Waals surface area contributed by atoms with Gasteiger partial charge in [0.05, 0.1) is 5.92 Å². The highest BCUT2D eigenvalue weighted by molar-refractivity contribution is 7.98. The lowest BCUT2D eigenvalue weighted by molar-refractivity contribution is -0.175. The molecule has 4 heteroatoms. The maximum absolute atomic E-state index is 12.5. The Hall–Kier alpha value is -0.900. The van der Waals surface area contributed by atoms with E-state index in [1.54, 1.807) is 17.8 Å². The van der Waals surface area contributed by atoms with Gasteiger partial charge < -0.3 is 0 Å². The fourth-order valence-electron chi connectivity index (χ4n) is 2.20. The number of benzene rings is 1. The molecule has 0 spiro atoms. The first-order valence-electron chi connectivity index (χ1n) is 5.91. The molecule has 0 saturated heterocycles. The standard InChI is InChI=1S/C14H15F3S/c1-18-13-8-4-11(5-9-13)10-2-6-12(7-3-10)14(15,16)17/h2,4-5,8-9,12H,3,6-7H2,1H3. The summed E-state index contributed by atoms with van der Waals surface area (Å²) >= 11 is 1.66. The van der Waals surface area contributed by atoms with Gasteiger partial charge in [-0.1, -0.05) is 18.2 Å². The van der Waals surface area contributed by atoms with Crippen LogP contribution >= 0.6 is 11.8 Å². The molecular formula is C14H15F3S. The summed E-state index contributed by atoms with van der Waals surface area (Å²) in [5.41, 5.74) is 2.09. The van der Waals surface area contributed by atoms with Crippen molar-refractivity contribution in [3.63, 3.8) is 0 Å². The van der Waals surface area contributed by atoms with Gasteiger partial charge in [-0.3, -0.25) is 0 Å². The molecular weight excluding hydrogens is 257 g/mol. The van der Waals surface area contributed by atoms with E-state index in [1.807, 2.05) is 30.5 Å². The van der Waals surface area contributed by atoms with Crippen molar-refractivity contribution in [3.8, 4) is 0 Å². The summed E-state index contributed by atoms with van der Waals surface area (Å²) in [6.45, 7) is 0.